The van der Waals surface area contributed by atoms with E-state index in [9.17, 15) is 14.4 Å². The first-order chi connectivity index (χ1) is 16.4. The Bertz CT molecular complexity index is 1130. The molecule has 9 nitrogen and oxygen atoms in total. The number of thiophene rings is 1. The Labute approximate surface area is 200 Å². The van der Waals surface area contributed by atoms with E-state index in [-0.39, 0.29) is 18.9 Å². The highest BCUT2D eigenvalue weighted by molar-refractivity contribution is 7.13. The predicted octanol–water partition coefficient (Wildman–Crippen LogP) is 3.19. The number of methoxy groups -OCH3 is 1. The monoisotopic (exact) mass is 482 g/mol. The quantitative estimate of drug-likeness (QED) is 0.222. The van der Waals surface area contributed by atoms with Crippen molar-refractivity contribution in [2.45, 2.75) is 12.5 Å². The maximum Gasteiger partial charge on any atom is 0.405 e. The number of amides is 3. The van der Waals surface area contributed by atoms with Gasteiger partial charge in [0.25, 0.3) is 5.91 Å². The van der Waals surface area contributed by atoms with E-state index in [0.29, 0.717) is 29.1 Å². The molecule has 0 fully saturated rings. The molecule has 0 spiro atoms. The first-order valence-corrected chi connectivity index (χ1v) is 11.3. The zero-order valence-electron chi connectivity index (χ0n) is 18.5. The zero-order valence-corrected chi connectivity index (χ0v) is 19.4. The number of anilines is 2. The maximum absolute atomic E-state index is 12.8. The summed E-state index contributed by atoms with van der Waals surface area (Å²) in [7, 11) is 1.51. The zero-order chi connectivity index (χ0) is 24.5. The topological polar surface area (TPSA) is 143 Å². The average molecular weight is 483 g/mol. The van der Waals surface area contributed by atoms with Crippen LogP contribution in [-0.4, -0.2) is 49.3 Å². The van der Waals surface area contributed by atoms with Crippen LogP contribution in [-0.2, 0) is 16.0 Å². The van der Waals surface area contributed by atoms with Gasteiger partial charge in [0.15, 0.2) is 0 Å². The van der Waals surface area contributed by atoms with E-state index in [1.165, 1.54) is 7.11 Å². The molecule has 0 saturated heterocycles. The molecule has 0 aliphatic carbocycles. The smallest absolute Gasteiger partial charge is 0.405 e. The van der Waals surface area contributed by atoms with Crippen LogP contribution in [0.5, 0.6) is 0 Å². The first-order valence-electron chi connectivity index (χ1n) is 10.5. The summed E-state index contributed by atoms with van der Waals surface area (Å²) in [6.45, 7) is 0.582. The normalized spacial score (nSPS) is 11.4. The lowest BCUT2D eigenvalue weighted by Gasteiger charge is -2.17. The molecule has 0 radical (unpaired) electrons. The molecule has 1 aromatic heterocycles. The second-order valence-corrected chi connectivity index (χ2v) is 8.37. The Balaban J connectivity index is 1.67. The van der Waals surface area contributed by atoms with Gasteiger partial charge in [0.2, 0.25) is 5.91 Å². The van der Waals surface area contributed by atoms with Crippen molar-refractivity contribution in [3.63, 3.8) is 0 Å². The molecule has 3 aromatic rings. The van der Waals surface area contributed by atoms with E-state index in [1.807, 2.05) is 29.6 Å². The molecule has 1 heterocycles. The molecule has 2 aromatic carbocycles. The Morgan fingerprint density at radius 1 is 1.12 bits per heavy atom. The number of carbonyl (C=O) groups is 3. The number of carboxylic acid groups (broad SMARTS) is 1. The molecule has 0 unspecified atom stereocenters. The molecule has 0 aliphatic heterocycles. The van der Waals surface area contributed by atoms with Crippen molar-refractivity contribution in [1.29, 1.82) is 0 Å². The number of nitrogens with two attached hydrogens (primary N) is 1. The molecular formula is C24H26N4O5S. The van der Waals surface area contributed by atoms with Crippen molar-refractivity contribution >= 4 is 40.6 Å². The number of nitrogen functional groups attached to an aromatic ring is 1. The third-order valence-electron chi connectivity index (χ3n) is 4.98. The number of hydrogen-bond acceptors (Lipinski definition) is 6. The Morgan fingerprint density at radius 2 is 1.88 bits per heavy atom. The van der Waals surface area contributed by atoms with E-state index in [0.717, 1.165) is 10.4 Å². The molecular weight excluding hydrogens is 456 g/mol. The summed E-state index contributed by atoms with van der Waals surface area (Å²) in [5.41, 5.74) is 9.06. The van der Waals surface area contributed by atoms with Crippen molar-refractivity contribution in [2.75, 3.05) is 31.3 Å². The summed E-state index contributed by atoms with van der Waals surface area (Å²) in [4.78, 5) is 37.2. The Hall–Kier alpha value is -3.89. The summed E-state index contributed by atoms with van der Waals surface area (Å²) in [5.74, 6) is -0.790. The van der Waals surface area contributed by atoms with Crippen molar-refractivity contribution in [1.82, 2.24) is 10.6 Å². The van der Waals surface area contributed by atoms with Crippen LogP contribution in [0.15, 0.2) is 60.0 Å². The molecule has 0 aliphatic rings. The van der Waals surface area contributed by atoms with E-state index in [1.54, 1.807) is 41.7 Å². The first kappa shape index (κ1) is 24.7. The third-order valence-corrected chi connectivity index (χ3v) is 5.90. The van der Waals surface area contributed by atoms with E-state index < -0.39 is 18.0 Å². The van der Waals surface area contributed by atoms with Gasteiger partial charge in [-0.05, 0) is 46.8 Å². The molecule has 3 rings (SSSR count). The van der Waals surface area contributed by atoms with Crippen LogP contribution in [0.4, 0.5) is 16.2 Å². The van der Waals surface area contributed by atoms with Gasteiger partial charge in [0.05, 0.1) is 18.0 Å². The lowest BCUT2D eigenvalue weighted by Crippen LogP contribution is -2.48. The average Bonchev–Trinajstić information content (AvgIpc) is 3.35. The second kappa shape index (κ2) is 11.8. The van der Waals surface area contributed by atoms with Crippen LogP contribution in [0, 0.1) is 0 Å². The van der Waals surface area contributed by atoms with Crippen LogP contribution in [0.2, 0.25) is 0 Å². The maximum atomic E-state index is 12.8. The van der Waals surface area contributed by atoms with Gasteiger partial charge in [-0.2, -0.15) is 0 Å². The fourth-order valence-electron chi connectivity index (χ4n) is 3.24. The lowest BCUT2D eigenvalue weighted by atomic mass is 10.0. The minimum Gasteiger partial charge on any atom is -0.465 e. The van der Waals surface area contributed by atoms with Gasteiger partial charge < -0.3 is 31.5 Å². The minimum absolute atomic E-state index is 0.128. The molecule has 1 atom stereocenters. The van der Waals surface area contributed by atoms with Gasteiger partial charge in [0, 0.05) is 30.5 Å². The predicted molar refractivity (Wildman–Crippen MR) is 132 cm³/mol. The SMILES string of the molecule is COCCNC(=O)[C@H](Cc1ccc(C(=O)Nc2cc(-c3cccs3)ccc2N)cc1)NC(=O)O. The van der Waals surface area contributed by atoms with Gasteiger partial charge in [-0.25, -0.2) is 4.79 Å². The standard InChI is InChI=1S/C24H26N4O5S/c1-33-11-10-26-23(30)20(28-24(31)32)13-15-4-6-16(7-5-15)22(29)27-19-14-17(8-9-18(19)25)21-3-2-12-34-21/h2-9,12,14,20,28H,10-11,13,25H2,1H3,(H,26,30)(H,27,29)(H,31,32)/t20-/m0/s1. The molecule has 178 valence electrons. The van der Waals surface area contributed by atoms with E-state index >= 15 is 0 Å². The largest absolute Gasteiger partial charge is 0.465 e. The van der Waals surface area contributed by atoms with Gasteiger partial charge in [-0.15, -0.1) is 11.3 Å². The highest BCUT2D eigenvalue weighted by Gasteiger charge is 2.21. The fraction of sp³-hybridized carbons (Fsp3) is 0.208. The van der Waals surface area contributed by atoms with Gasteiger partial charge in [-0.3, -0.25) is 9.59 Å². The van der Waals surface area contributed by atoms with Gasteiger partial charge in [-0.1, -0.05) is 24.3 Å². The number of benzene rings is 2. The van der Waals surface area contributed by atoms with Crippen LogP contribution >= 0.6 is 11.3 Å². The number of nitrogens with one attached hydrogen (secondary N) is 3. The lowest BCUT2D eigenvalue weighted by molar-refractivity contribution is -0.123. The fourth-order valence-corrected chi connectivity index (χ4v) is 3.96. The molecule has 3 amide bonds. The number of rotatable bonds is 10. The van der Waals surface area contributed by atoms with E-state index in [2.05, 4.69) is 16.0 Å². The van der Waals surface area contributed by atoms with Crippen molar-refractivity contribution in [2.24, 2.45) is 0 Å². The van der Waals surface area contributed by atoms with Crippen molar-refractivity contribution in [3.8, 4) is 10.4 Å². The van der Waals surface area contributed by atoms with Gasteiger partial charge in [0.1, 0.15) is 6.04 Å². The molecule has 6 N–H and O–H groups in total. The number of carbonyl (C=O) groups excluding carboxylic acids is 2. The van der Waals surface area contributed by atoms with Crippen LogP contribution in [0.3, 0.4) is 0 Å². The number of ether oxygens (including phenoxy) is 1. The minimum atomic E-state index is -1.30. The molecule has 10 heteroatoms. The Morgan fingerprint density at radius 3 is 2.53 bits per heavy atom. The van der Waals surface area contributed by atoms with Crippen LogP contribution in [0.25, 0.3) is 10.4 Å². The third kappa shape index (κ3) is 6.80. The van der Waals surface area contributed by atoms with Crippen LogP contribution in [0.1, 0.15) is 15.9 Å². The van der Waals surface area contributed by atoms with Crippen molar-refractivity contribution < 1.29 is 24.2 Å². The summed E-state index contributed by atoms with van der Waals surface area (Å²) in [5, 5.41) is 18.7. The van der Waals surface area contributed by atoms with Crippen LogP contribution < -0.4 is 21.7 Å². The highest BCUT2D eigenvalue weighted by Crippen LogP contribution is 2.30. The van der Waals surface area contributed by atoms with Gasteiger partial charge >= 0.3 is 6.09 Å². The Kier molecular flexibility index (Phi) is 8.60. The highest BCUT2D eigenvalue weighted by atomic mass is 32.1. The second-order valence-electron chi connectivity index (χ2n) is 7.42. The summed E-state index contributed by atoms with van der Waals surface area (Å²) < 4.78 is 4.89. The summed E-state index contributed by atoms with van der Waals surface area (Å²) in [6, 6.07) is 15.0. The van der Waals surface area contributed by atoms with Crippen molar-refractivity contribution in [3.05, 3.63) is 71.1 Å². The summed E-state index contributed by atoms with van der Waals surface area (Å²) in [6.07, 6.45) is -1.17. The van der Waals surface area contributed by atoms with E-state index in [4.69, 9.17) is 15.6 Å². The molecule has 0 bridgehead atoms. The molecule has 34 heavy (non-hydrogen) atoms. The number of hydrogen-bond donors (Lipinski definition) is 5. The summed E-state index contributed by atoms with van der Waals surface area (Å²) >= 11 is 1.59. The molecule has 0 saturated carbocycles.